The molecule has 0 amide bonds. The first-order valence-corrected chi connectivity index (χ1v) is 5.30. The van der Waals surface area contributed by atoms with E-state index in [4.69, 9.17) is 38.6 Å². The minimum Gasteiger partial charge on any atom is -0.478 e. The lowest BCUT2D eigenvalue weighted by Gasteiger charge is -2.13. The first kappa shape index (κ1) is 14.8. The Morgan fingerprint density at radius 1 is 1.10 bits per heavy atom. The van der Waals surface area contributed by atoms with Crippen LogP contribution in [0.25, 0.3) is 0 Å². The lowest BCUT2D eigenvalue weighted by molar-refractivity contribution is 0.0696. The molecule has 0 saturated carbocycles. The van der Waals surface area contributed by atoms with Crippen LogP contribution in [0.15, 0.2) is 12.1 Å². The maximum atomic E-state index is 11.0. The van der Waals surface area contributed by atoms with Crippen LogP contribution in [0.3, 0.4) is 0 Å². The number of aromatic carboxylic acids is 1. The van der Waals surface area contributed by atoms with E-state index in [1.807, 2.05) is 6.11 Å². The molecule has 5 nitrogen and oxygen atoms in total. The largest absolute Gasteiger partial charge is 0.478 e. The van der Waals surface area contributed by atoms with E-state index in [1.165, 1.54) is 12.1 Å². The molecule has 0 saturated heterocycles. The minimum absolute atomic E-state index is 0.00896. The zero-order chi connectivity index (χ0) is 15.0. The van der Waals surface area contributed by atoms with E-state index in [0.29, 0.717) is 0 Å². The van der Waals surface area contributed by atoms with Crippen molar-refractivity contribution in [1.82, 2.24) is 0 Å². The van der Waals surface area contributed by atoms with Crippen molar-refractivity contribution >= 4 is 5.97 Å². The lowest BCUT2D eigenvalue weighted by atomic mass is 10.2. The molecule has 0 radical (unpaired) electrons. The van der Waals surface area contributed by atoms with Crippen LogP contribution in [-0.4, -0.2) is 24.3 Å². The van der Waals surface area contributed by atoms with Gasteiger partial charge in [0, 0.05) is 6.07 Å². The quantitative estimate of drug-likeness (QED) is 0.791. The molecule has 1 aromatic carbocycles. The number of benzene rings is 1. The second-order valence-corrected chi connectivity index (χ2v) is 3.31. The van der Waals surface area contributed by atoms with Gasteiger partial charge in [0.25, 0.3) is 0 Å². The smallest absolute Gasteiger partial charge is 0.335 e. The Morgan fingerprint density at radius 3 is 2.25 bits per heavy atom. The van der Waals surface area contributed by atoms with E-state index >= 15 is 0 Å². The topological polar surface area (TPSA) is 65.0 Å². The van der Waals surface area contributed by atoms with Crippen molar-refractivity contribution in [3.05, 3.63) is 17.7 Å². The highest BCUT2D eigenvalue weighted by Gasteiger charge is 2.18. The number of rotatable bonds is 6. The van der Waals surface area contributed by atoms with Gasteiger partial charge in [-0.3, -0.25) is 0 Å². The SMILES string of the molecule is C#CCOc1cc(C(=O)O)cc(OC#C)c1OCC#C. The van der Waals surface area contributed by atoms with E-state index in [-0.39, 0.29) is 36.0 Å². The Labute approximate surface area is 116 Å². The molecule has 20 heavy (non-hydrogen) atoms. The normalized spacial score (nSPS) is 8.65. The van der Waals surface area contributed by atoms with Crippen molar-refractivity contribution in [2.24, 2.45) is 0 Å². The molecule has 1 N–H and O–H groups in total. The number of ether oxygens (including phenoxy) is 3. The Bertz CT molecular complexity index is 625. The Kier molecular flexibility index (Phi) is 5.38. The molecule has 0 heterocycles. The molecule has 0 atom stereocenters. The zero-order valence-corrected chi connectivity index (χ0v) is 10.4. The Hall–Kier alpha value is -3.23. The third-order valence-corrected chi connectivity index (χ3v) is 2.05. The molecule has 0 aliphatic rings. The molecule has 0 bridgehead atoms. The van der Waals surface area contributed by atoms with Crippen LogP contribution in [0, 0.1) is 37.2 Å². The highest BCUT2D eigenvalue weighted by molar-refractivity contribution is 5.89. The van der Waals surface area contributed by atoms with Crippen LogP contribution in [-0.2, 0) is 0 Å². The highest BCUT2D eigenvalue weighted by Crippen LogP contribution is 2.39. The van der Waals surface area contributed by atoms with E-state index < -0.39 is 5.97 Å². The molecular weight excluding hydrogens is 260 g/mol. The maximum absolute atomic E-state index is 11.0. The van der Waals surface area contributed by atoms with Gasteiger partial charge in [-0.25, -0.2) is 4.79 Å². The summed E-state index contributed by atoms with van der Waals surface area (Å²) in [5.41, 5.74) is -0.0877. The number of hydrogen-bond donors (Lipinski definition) is 1. The first-order valence-electron chi connectivity index (χ1n) is 5.30. The van der Waals surface area contributed by atoms with Crippen molar-refractivity contribution in [2.75, 3.05) is 13.2 Å². The lowest BCUT2D eigenvalue weighted by Crippen LogP contribution is -2.05. The Balaban J connectivity index is 3.33. The molecule has 0 fully saturated rings. The molecular formula is C15H10O5. The minimum atomic E-state index is -1.18. The van der Waals surface area contributed by atoms with Crippen molar-refractivity contribution < 1.29 is 24.1 Å². The average Bonchev–Trinajstić information content (AvgIpc) is 2.43. The summed E-state index contributed by atoms with van der Waals surface area (Å²) in [7, 11) is 0. The van der Waals surface area contributed by atoms with Crippen LogP contribution in [0.5, 0.6) is 17.2 Å². The second kappa shape index (κ2) is 7.26. The summed E-state index contributed by atoms with van der Waals surface area (Å²) < 4.78 is 15.4. The van der Waals surface area contributed by atoms with Crippen LogP contribution >= 0.6 is 0 Å². The van der Waals surface area contributed by atoms with Crippen molar-refractivity contribution in [3.63, 3.8) is 0 Å². The van der Waals surface area contributed by atoms with Gasteiger partial charge in [0.2, 0.25) is 5.75 Å². The number of carboxylic acids is 1. The fraction of sp³-hybridized carbons (Fsp3) is 0.133. The summed E-state index contributed by atoms with van der Waals surface area (Å²) in [5, 5.41) is 9.02. The summed E-state index contributed by atoms with van der Waals surface area (Å²) >= 11 is 0. The molecule has 0 aliphatic carbocycles. The average molecular weight is 270 g/mol. The first-order chi connectivity index (χ1) is 9.63. The van der Waals surface area contributed by atoms with Gasteiger partial charge >= 0.3 is 5.97 Å². The number of terminal acetylenes is 3. The summed E-state index contributed by atoms with van der Waals surface area (Å²) in [6.07, 6.45) is 17.2. The predicted octanol–water partition coefficient (Wildman–Crippen LogP) is 1.38. The summed E-state index contributed by atoms with van der Waals surface area (Å²) in [6.45, 7) is -0.148. The van der Waals surface area contributed by atoms with Crippen molar-refractivity contribution in [2.45, 2.75) is 0 Å². The fourth-order valence-electron chi connectivity index (χ4n) is 1.32. The van der Waals surface area contributed by atoms with Gasteiger partial charge < -0.3 is 19.3 Å². The monoisotopic (exact) mass is 270 g/mol. The standard InChI is InChI=1S/C15H10O5/c1-4-7-19-13-10-11(15(16)17)9-12(18-6-3)14(13)20-8-5-2/h1-3,9-10H,7-8H2,(H,16,17). The van der Waals surface area contributed by atoms with Crippen LogP contribution in [0.4, 0.5) is 0 Å². The van der Waals surface area contributed by atoms with E-state index in [1.54, 1.807) is 0 Å². The highest BCUT2D eigenvalue weighted by atomic mass is 16.5. The number of carboxylic acid groups (broad SMARTS) is 1. The molecule has 0 aromatic heterocycles. The number of carbonyl (C=O) groups is 1. The van der Waals surface area contributed by atoms with Crippen molar-refractivity contribution in [3.8, 4) is 54.5 Å². The summed E-state index contributed by atoms with van der Waals surface area (Å²) in [6, 6.07) is 2.45. The van der Waals surface area contributed by atoms with Gasteiger partial charge in [0.15, 0.2) is 11.5 Å². The van der Waals surface area contributed by atoms with E-state index in [0.717, 1.165) is 0 Å². The molecule has 5 heteroatoms. The van der Waals surface area contributed by atoms with Gasteiger partial charge in [-0.1, -0.05) is 18.3 Å². The molecule has 100 valence electrons. The Morgan fingerprint density at radius 2 is 1.70 bits per heavy atom. The zero-order valence-electron chi connectivity index (χ0n) is 10.4. The van der Waals surface area contributed by atoms with Crippen LogP contribution < -0.4 is 14.2 Å². The van der Waals surface area contributed by atoms with Gasteiger partial charge in [-0.05, 0) is 6.07 Å². The summed E-state index contributed by atoms with van der Waals surface area (Å²) in [4.78, 5) is 11.0. The molecule has 0 aliphatic heterocycles. The molecule has 1 aromatic rings. The second-order valence-electron chi connectivity index (χ2n) is 3.31. The predicted molar refractivity (Wildman–Crippen MR) is 71.5 cm³/mol. The van der Waals surface area contributed by atoms with E-state index in [9.17, 15) is 4.79 Å². The van der Waals surface area contributed by atoms with Crippen LogP contribution in [0.1, 0.15) is 10.4 Å². The molecule has 0 spiro atoms. The van der Waals surface area contributed by atoms with Gasteiger partial charge in [-0.15, -0.1) is 12.8 Å². The maximum Gasteiger partial charge on any atom is 0.335 e. The van der Waals surface area contributed by atoms with Gasteiger partial charge in [-0.2, -0.15) is 0 Å². The van der Waals surface area contributed by atoms with Gasteiger partial charge in [0.1, 0.15) is 19.3 Å². The molecule has 1 rings (SSSR count). The molecule has 0 unspecified atom stereocenters. The fourth-order valence-corrected chi connectivity index (χ4v) is 1.32. The third kappa shape index (κ3) is 3.63. The van der Waals surface area contributed by atoms with E-state index in [2.05, 4.69) is 11.8 Å². The number of hydrogen-bond acceptors (Lipinski definition) is 4. The van der Waals surface area contributed by atoms with Crippen LogP contribution in [0.2, 0.25) is 0 Å². The van der Waals surface area contributed by atoms with Crippen molar-refractivity contribution in [1.29, 1.82) is 0 Å². The van der Waals surface area contributed by atoms with Gasteiger partial charge in [0.05, 0.1) is 5.56 Å². The third-order valence-electron chi connectivity index (χ3n) is 2.05. The summed E-state index contributed by atoms with van der Waals surface area (Å²) in [5.74, 6) is 3.53.